The minimum atomic E-state index is -0.144. The van der Waals surface area contributed by atoms with E-state index in [1.165, 1.54) is 38.5 Å². The Kier molecular flexibility index (Phi) is 4.58. The van der Waals surface area contributed by atoms with E-state index in [-0.39, 0.29) is 18.0 Å². The van der Waals surface area contributed by atoms with Crippen molar-refractivity contribution in [3.63, 3.8) is 0 Å². The van der Waals surface area contributed by atoms with E-state index >= 15 is 0 Å². The average molecular weight is 290 g/mol. The van der Waals surface area contributed by atoms with E-state index in [1.807, 2.05) is 0 Å². The average Bonchev–Trinajstić information content (AvgIpc) is 2.78. The third kappa shape index (κ3) is 3.46. The summed E-state index contributed by atoms with van der Waals surface area (Å²) >= 11 is 0. The number of amides is 1. The fourth-order valence-corrected chi connectivity index (χ4v) is 3.61. The van der Waals surface area contributed by atoms with E-state index in [1.54, 1.807) is 6.33 Å². The Morgan fingerprint density at radius 3 is 2.86 bits per heavy atom. The van der Waals surface area contributed by atoms with Gasteiger partial charge in [0.15, 0.2) is 0 Å². The van der Waals surface area contributed by atoms with Crippen molar-refractivity contribution in [2.45, 2.75) is 70.5 Å². The smallest absolute Gasteiger partial charge is 0.237 e. The van der Waals surface area contributed by atoms with Crippen LogP contribution in [0.4, 0.5) is 0 Å². The van der Waals surface area contributed by atoms with E-state index in [2.05, 4.69) is 27.5 Å². The molecule has 1 aromatic rings. The highest BCUT2D eigenvalue weighted by molar-refractivity contribution is 5.82. The quantitative estimate of drug-likeness (QED) is 0.745. The van der Waals surface area contributed by atoms with Crippen LogP contribution in [0, 0.1) is 5.92 Å². The zero-order valence-electron chi connectivity index (χ0n) is 12.8. The molecule has 0 radical (unpaired) electrons. The molecule has 5 heteroatoms. The molecule has 2 aliphatic rings. The molecule has 1 amide bonds. The van der Waals surface area contributed by atoms with Gasteiger partial charge >= 0.3 is 0 Å². The topological polar surface area (TPSA) is 69.8 Å². The van der Waals surface area contributed by atoms with E-state index in [9.17, 15) is 4.79 Å². The summed E-state index contributed by atoms with van der Waals surface area (Å²) in [5.41, 5.74) is 2.13. The molecule has 1 aromatic heterocycles. The van der Waals surface area contributed by atoms with Gasteiger partial charge in [-0.25, -0.2) is 4.98 Å². The van der Waals surface area contributed by atoms with Crippen LogP contribution in [0.15, 0.2) is 6.33 Å². The van der Waals surface area contributed by atoms with Gasteiger partial charge < -0.3 is 10.3 Å². The summed E-state index contributed by atoms with van der Waals surface area (Å²) in [6, 6.07) is 0.131. The fourth-order valence-electron chi connectivity index (χ4n) is 3.61. The van der Waals surface area contributed by atoms with E-state index < -0.39 is 0 Å². The maximum absolute atomic E-state index is 12.5. The number of aromatic nitrogens is 2. The zero-order chi connectivity index (χ0) is 14.7. The fraction of sp³-hybridized carbons (Fsp3) is 0.750. The van der Waals surface area contributed by atoms with Crippen LogP contribution in [0.2, 0.25) is 0 Å². The number of fused-ring (bicyclic) bond motifs is 1. The molecule has 5 nitrogen and oxygen atoms in total. The Bertz CT molecular complexity index is 476. The number of hydrogen-bond donors (Lipinski definition) is 3. The molecule has 1 fully saturated rings. The maximum atomic E-state index is 12.5. The standard InChI is InChI=1S/C16H26N4O/c1-11(12-6-4-2-3-5-7-12)20-16(21)14-8-13-15(9-17-14)19-10-18-13/h10-12,14,17H,2-9H2,1H3,(H,18,19)(H,20,21)/t11-,14?/m1/s1. The molecule has 0 bridgehead atoms. The van der Waals surface area contributed by atoms with E-state index in [0.29, 0.717) is 18.9 Å². The summed E-state index contributed by atoms with van der Waals surface area (Å²) in [4.78, 5) is 19.9. The molecule has 0 spiro atoms. The van der Waals surface area contributed by atoms with Crippen molar-refractivity contribution in [1.29, 1.82) is 0 Å². The van der Waals surface area contributed by atoms with Crippen LogP contribution in [0.3, 0.4) is 0 Å². The van der Waals surface area contributed by atoms with Crippen LogP contribution in [0.1, 0.15) is 56.8 Å². The maximum Gasteiger partial charge on any atom is 0.237 e. The first-order valence-corrected chi connectivity index (χ1v) is 8.29. The first-order valence-electron chi connectivity index (χ1n) is 8.29. The summed E-state index contributed by atoms with van der Waals surface area (Å²) in [6.07, 6.45) is 10.2. The molecule has 0 aromatic carbocycles. The van der Waals surface area contributed by atoms with Gasteiger partial charge in [0.1, 0.15) is 0 Å². The third-order valence-electron chi connectivity index (χ3n) is 5.02. The molecule has 21 heavy (non-hydrogen) atoms. The Morgan fingerprint density at radius 2 is 2.10 bits per heavy atom. The van der Waals surface area contributed by atoms with Gasteiger partial charge in [-0.3, -0.25) is 10.1 Å². The first kappa shape index (κ1) is 14.6. The summed E-state index contributed by atoms with van der Waals surface area (Å²) in [7, 11) is 0. The molecule has 3 N–H and O–H groups in total. The second-order valence-corrected chi connectivity index (χ2v) is 6.51. The molecule has 1 saturated carbocycles. The number of rotatable bonds is 3. The molecule has 2 heterocycles. The van der Waals surface area contributed by atoms with Crippen LogP contribution < -0.4 is 10.6 Å². The van der Waals surface area contributed by atoms with E-state index in [0.717, 1.165) is 11.4 Å². The number of imidazole rings is 1. The molecule has 1 aliphatic heterocycles. The number of aromatic amines is 1. The Balaban J connectivity index is 1.54. The number of nitrogens with zero attached hydrogens (tertiary/aromatic N) is 1. The predicted octanol–water partition coefficient (Wildman–Crippen LogP) is 1.90. The highest BCUT2D eigenvalue weighted by atomic mass is 16.2. The van der Waals surface area contributed by atoms with Gasteiger partial charge in [-0.1, -0.05) is 25.7 Å². The lowest BCUT2D eigenvalue weighted by Crippen LogP contribution is -2.51. The minimum absolute atomic E-state index is 0.125. The molecular formula is C16H26N4O. The van der Waals surface area contributed by atoms with Crippen molar-refractivity contribution in [3.05, 3.63) is 17.7 Å². The molecule has 1 unspecified atom stereocenters. The van der Waals surface area contributed by atoms with Gasteiger partial charge in [-0.2, -0.15) is 0 Å². The highest BCUT2D eigenvalue weighted by Crippen LogP contribution is 2.25. The largest absolute Gasteiger partial charge is 0.352 e. The van der Waals surface area contributed by atoms with Crippen molar-refractivity contribution in [3.8, 4) is 0 Å². The van der Waals surface area contributed by atoms with Crippen molar-refractivity contribution in [2.75, 3.05) is 0 Å². The van der Waals surface area contributed by atoms with Gasteiger partial charge in [0.25, 0.3) is 0 Å². The lowest BCUT2D eigenvalue weighted by molar-refractivity contribution is -0.124. The third-order valence-corrected chi connectivity index (χ3v) is 5.02. The minimum Gasteiger partial charge on any atom is -0.352 e. The van der Waals surface area contributed by atoms with Crippen LogP contribution in [0.5, 0.6) is 0 Å². The lowest BCUT2D eigenvalue weighted by Gasteiger charge is -2.28. The van der Waals surface area contributed by atoms with Crippen molar-refractivity contribution >= 4 is 5.91 Å². The molecule has 116 valence electrons. The van der Waals surface area contributed by atoms with Crippen LogP contribution >= 0.6 is 0 Å². The van der Waals surface area contributed by atoms with Crippen LogP contribution in [-0.2, 0) is 17.8 Å². The molecule has 0 saturated heterocycles. The predicted molar refractivity (Wildman–Crippen MR) is 81.7 cm³/mol. The summed E-state index contributed by atoms with van der Waals surface area (Å²) in [5, 5.41) is 6.53. The van der Waals surface area contributed by atoms with Crippen molar-refractivity contribution in [2.24, 2.45) is 5.92 Å². The Hall–Kier alpha value is -1.36. The Labute approximate surface area is 126 Å². The van der Waals surface area contributed by atoms with Gasteiger partial charge in [-0.15, -0.1) is 0 Å². The molecule has 1 aliphatic carbocycles. The normalized spacial score (nSPS) is 24.9. The number of H-pyrrole nitrogens is 1. The second-order valence-electron chi connectivity index (χ2n) is 6.51. The summed E-state index contributed by atoms with van der Waals surface area (Å²) < 4.78 is 0. The molecular weight excluding hydrogens is 264 g/mol. The monoisotopic (exact) mass is 290 g/mol. The van der Waals surface area contributed by atoms with Crippen LogP contribution in [-0.4, -0.2) is 28.0 Å². The highest BCUT2D eigenvalue weighted by Gasteiger charge is 2.28. The number of carbonyl (C=O) groups is 1. The van der Waals surface area contributed by atoms with Gasteiger partial charge in [-0.05, 0) is 25.7 Å². The number of nitrogens with one attached hydrogen (secondary N) is 3. The first-order chi connectivity index (χ1) is 10.2. The zero-order valence-corrected chi connectivity index (χ0v) is 12.8. The van der Waals surface area contributed by atoms with Crippen molar-refractivity contribution in [1.82, 2.24) is 20.6 Å². The van der Waals surface area contributed by atoms with E-state index in [4.69, 9.17) is 0 Å². The summed E-state index contributed by atoms with van der Waals surface area (Å²) in [5.74, 6) is 0.765. The van der Waals surface area contributed by atoms with Gasteiger partial charge in [0.2, 0.25) is 5.91 Å². The number of carbonyl (C=O) groups excluding carboxylic acids is 1. The van der Waals surface area contributed by atoms with Gasteiger partial charge in [0.05, 0.1) is 23.8 Å². The van der Waals surface area contributed by atoms with Crippen LogP contribution in [0.25, 0.3) is 0 Å². The summed E-state index contributed by atoms with van der Waals surface area (Å²) in [6.45, 7) is 2.86. The molecule has 2 atom stereocenters. The second kappa shape index (κ2) is 6.60. The van der Waals surface area contributed by atoms with Gasteiger partial charge in [0, 0.05) is 19.0 Å². The molecule has 3 rings (SSSR count). The SMILES string of the molecule is C[C@@H](NC(=O)C1Cc2nc[nH]c2CN1)C1CCCCCC1. The Morgan fingerprint density at radius 1 is 1.33 bits per heavy atom. The lowest BCUT2D eigenvalue weighted by atomic mass is 9.92. The van der Waals surface area contributed by atoms with Crippen molar-refractivity contribution < 1.29 is 4.79 Å². The number of hydrogen-bond acceptors (Lipinski definition) is 3.